The lowest BCUT2D eigenvalue weighted by atomic mass is 9.98. The van der Waals surface area contributed by atoms with Crippen LogP contribution in [0.4, 0.5) is 10.1 Å². The van der Waals surface area contributed by atoms with E-state index in [1.54, 1.807) is 24.3 Å². The third-order valence-corrected chi connectivity index (χ3v) is 3.86. The lowest BCUT2D eigenvalue weighted by Gasteiger charge is -2.20. The van der Waals surface area contributed by atoms with Crippen molar-refractivity contribution in [3.8, 4) is 0 Å². The Bertz CT molecular complexity index is 747. The number of hydrogen-bond donors (Lipinski definition) is 0. The van der Waals surface area contributed by atoms with Gasteiger partial charge in [0.2, 0.25) is 5.67 Å². The summed E-state index contributed by atoms with van der Waals surface area (Å²) < 4.78 is 20.1. The van der Waals surface area contributed by atoms with E-state index in [9.17, 15) is 9.59 Å². The van der Waals surface area contributed by atoms with Gasteiger partial charge in [0, 0.05) is 12.5 Å². The van der Waals surface area contributed by atoms with Crippen LogP contribution in [-0.4, -0.2) is 18.5 Å². The van der Waals surface area contributed by atoms with E-state index in [1.165, 1.54) is 11.8 Å². The van der Waals surface area contributed by atoms with Crippen LogP contribution < -0.4 is 4.90 Å². The van der Waals surface area contributed by atoms with Gasteiger partial charge in [0.05, 0.1) is 12.2 Å². The average molecular weight is 313 g/mol. The van der Waals surface area contributed by atoms with E-state index < -0.39 is 24.2 Å². The summed E-state index contributed by atoms with van der Waals surface area (Å²) in [5.74, 6) is -1.32. The summed E-state index contributed by atoms with van der Waals surface area (Å²) in [4.78, 5) is 25.1. The van der Waals surface area contributed by atoms with Gasteiger partial charge < -0.3 is 9.64 Å². The first-order valence-electron chi connectivity index (χ1n) is 7.30. The Kier molecular flexibility index (Phi) is 3.86. The molecule has 3 rings (SSSR count). The van der Waals surface area contributed by atoms with Crippen LogP contribution in [0.15, 0.2) is 54.6 Å². The Labute approximate surface area is 133 Å². The molecule has 0 aromatic heterocycles. The van der Waals surface area contributed by atoms with Gasteiger partial charge in [0.15, 0.2) is 0 Å². The summed E-state index contributed by atoms with van der Waals surface area (Å²) >= 11 is 0. The zero-order chi connectivity index (χ0) is 16.4. The summed E-state index contributed by atoms with van der Waals surface area (Å²) in [6.45, 7) is 0.850. The Hall–Kier alpha value is -2.69. The Morgan fingerprint density at radius 2 is 1.78 bits per heavy atom. The molecule has 2 aromatic carbocycles. The second-order valence-electron chi connectivity index (χ2n) is 5.48. The summed E-state index contributed by atoms with van der Waals surface area (Å²) in [6, 6.07) is 16.0. The molecule has 1 atom stereocenters. The van der Waals surface area contributed by atoms with Crippen LogP contribution in [0.5, 0.6) is 0 Å². The number of carbonyl (C=O) groups is 2. The molecule has 0 saturated heterocycles. The molecule has 2 aromatic rings. The van der Waals surface area contributed by atoms with Crippen molar-refractivity contribution in [1.82, 2.24) is 0 Å². The molecular formula is C18H16FNO3. The van der Waals surface area contributed by atoms with Gasteiger partial charge in [-0.1, -0.05) is 48.5 Å². The highest BCUT2D eigenvalue weighted by molar-refractivity contribution is 6.07. The number of hydrogen-bond acceptors (Lipinski definition) is 3. The standard InChI is InChI=1S/C18H16FNO3/c1-13(21)23-12-18(19)15-9-5-6-10-16(15)20(17(18)22)11-14-7-3-2-4-8-14/h2-10H,11-12H2,1H3. The molecule has 23 heavy (non-hydrogen) atoms. The van der Waals surface area contributed by atoms with Crippen molar-refractivity contribution in [2.45, 2.75) is 19.1 Å². The number of para-hydroxylation sites is 1. The Balaban J connectivity index is 1.96. The molecule has 0 spiro atoms. The SMILES string of the molecule is CC(=O)OCC1(F)C(=O)N(Cc2ccccc2)c2ccccc21. The van der Waals surface area contributed by atoms with Crippen molar-refractivity contribution < 1.29 is 18.7 Å². The number of nitrogens with zero attached hydrogens (tertiary/aromatic N) is 1. The molecule has 0 saturated carbocycles. The van der Waals surface area contributed by atoms with Crippen molar-refractivity contribution >= 4 is 17.6 Å². The lowest BCUT2D eigenvalue weighted by molar-refractivity contribution is -0.149. The zero-order valence-corrected chi connectivity index (χ0v) is 12.7. The fourth-order valence-corrected chi connectivity index (χ4v) is 2.75. The Morgan fingerprint density at radius 3 is 2.48 bits per heavy atom. The van der Waals surface area contributed by atoms with E-state index in [1.807, 2.05) is 30.3 Å². The van der Waals surface area contributed by atoms with E-state index in [-0.39, 0.29) is 12.1 Å². The van der Waals surface area contributed by atoms with E-state index >= 15 is 4.39 Å². The van der Waals surface area contributed by atoms with E-state index in [4.69, 9.17) is 4.74 Å². The van der Waals surface area contributed by atoms with Crippen molar-refractivity contribution in [3.63, 3.8) is 0 Å². The van der Waals surface area contributed by atoms with Crippen molar-refractivity contribution in [2.75, 3.05) is 11.5 Å². The van der Waals surface area contributed by atoms with Gasteiger partial charge in [-0.2, -0.15) is 0 Å². The van der Waals surface area contributed by atoms with E-state index in [0.29, 0.717) is 5.69 Å². The maximum absolute atomic E-state index is 15.3. The van der Waals surface area contributed by atoms with Gasteiger partial charge in [0.1, 0.15) is 6.61 Å². The van der Waals surface area contributed by atoms with E-state index in [2.05, 4.69) is 0 Å². The molecule has 0 radical (unpaired) electrons. The number of benzene rings is 2. The predicted octanol–water partition coefficient (Wildman–Crippen LogP) is 2.96. The third kappa shape index (κ3) is 2.70. The van der Waals surface area contributed by atoms with Crippen LogP contribution in [0, 0.1) is 0 Å². The van der Waals surface area contributed by atoms with Crippen LogP contribution in [0.25, 0.3) is 0 Å². The molecule has 1 heterocycles. The van der Waals surface area contributed by atoms with E-state index in [0.717, 1.165) is 5.56 Å². The van der Waals surface area contributed by atoms with Crippen LogP contribution in [0.3, 0.4) is 0 Å². The fourth-order valence-electron chi connectivity index (χ4n) is 2.75. The maximum Gasteiger partial charge on any atom is 0.302 e. The molecule has 118 valence electrons. The van der Waals surface area contributed by atoms with Gasteiger partial charge in [-0.15, -0.1) is 0 Å². The molecule has 5 heteroatoms. The molecule has 1 amide bonds. The minimum atomic E-state index is -2.34. The lowest BCUT2D eigenvalue weighted by Crippen LogP contribution is -2.40. The number of amides is 1. The number of halogens is 1. The highest BCUT2D eigenvalue weighted by atomic mass is 19.1. The smallest absolute Gasteiger partial charge is 0.302 e. The number of rotatable bonds is 4. The summed E-state index contributed by atoms with van der Waals surface area (Å²) in [5, 5.41) is 0. The highest BCUT2D eigenvalue weighted by Crippen LogP contribution is 2.43. The maximum atomic E-state index is 15.3. The molecule has 1 unspecified atom stereocenters. The zero-order valence-electron chi connectivity index (χ0n) is 12.7. The largest absolute Gasteiger partial charge is 0.461 e. The molecule has 0 N–H and O–H groups in total. The third-order valence-electron chi connectivity index (χ3n) is 3.86. The first-order valence-corrected chi connectivity index (χ1v) is 7.30. The van der Waals surface area contributed by atoms with Crippen LogP contribution in [0.1, 0.15) is 18.1 Å². The predicted molar refractivity (Wildman–Crippen MR) is 83.5 cm³/mol. The van der Waals surface area contributed by atoms with Crippen molar-refractivity contribution in [2.24, 2.45) is 0 Å². The average Bonchev–Trinajstić information content (AvgIpc) is 2.77. The molecule has 0 fully saturated rings. The normalized spacial score (nSPS) is 19.6. The first kappa shape index (κ1) is 15.2. The summed E-state index contributed by atoms with van der Waals surface area (Å²) in [5.41, 5.74) is -0.692. The van der Waals surface area contributed by atoms with Crippen molar-refractivity contribution in [1.29, 1.82) is 0 Å². The van der Waals surface area contributed by atoms with Crippen LogP contribution in [0.2, 0.25) is 0 Å². The summed E-state index contributed by atoms with van der Waals surface area (Å²) in [6.07, 6.45) is 0. The summed E-state index contributed by atoms with van der Waals surface area (Å²) in [7, 11) is 0. The number of fused-ring (bicyclic) bond motifs is 1. The monoisotopic (exact) mass is 313 g/mol. The number of ether oxygens (including phenoxy) is 1. The van der Waals surface area contributed by atoms with Crippen LogP contribution in [-0.2, 0) is 26.5 Å². The molecule has 0 aliphatic carbocycles. The van der Waals surface area contributed by atoms with Gasteiger partial charge in [-0.05, 0) is 11.6 Å². The van der Waals surface area contributed by atoms with Gasteiger partial charge in [-0.3, -0.25) is 9.59 Å². The van der Waals surface area contributed by atoms with Gasteiger partial charge >= 0.3 is 5.97 Å². The molecule has 1 aliphatic heterocycles. The molecule has 0 bridgehead atoms. The second kappa shape index (κ2) is 5.83. The fraction of sp³-hybridized carbons (Fsp3) is 0.222. The molecule has 4 nitrogen and oxygen atoms in total. The first-order chi connectivity index (χ1) is 11.0. The van der Waals surface area contributed by atoms with Crippen LogP contribution >= 0.6 is 0 Å². The second-order valence-corrected chi connectivity index (χ2v) is 5.48. The topological polar surface area (TPSA) is 46.6 Å². The molecule has 1 aliphatic rings. The van der Waals surface area contributed by atoms with Gasteiger partial charge in [-0.25, -0.2) is 4.39 Å². The minimum absolute atomic E-state index is 0.238. The number of alkyl halides is 1. The number of anilines is 1. The minimum Gasteiger partial charge on any atom is -0.461 e. The van der Waals surface area contributed by atoms with Crippen molar-refractivity contribution in [3.05, 3.63) is 65.7 Å². The van der Waals surface area contributed by atoms with Gasteiger partial charge in [0.25, 0.3) is 5.91 Å². The quantitative estimate of drug-likeness (QED) is 0.815. The molecular weight excluding hydrogens is 297 g/mol. The highest BCUT2D eigenvalue weighted by Gasteiger charge is 2.52. The number of carbonyl (C=O) groups excluding carboxylic acids is 2. The Morgan fingerprint density at radius 1 is 1.13 bits per heavy atom. The number of esters is 1.